The number of carbonyl (C=O) groups excluding carboxylic acids is 1. The molecule has 2 atom stereocenters. The van der Waals surface area contributed by atoms with Gasteiger partial charge in [-0.2, -0.15) is 0 Å². The second kappa shape index (κ2) is 6.59. The fraction of sp³-hybridized carbons (Fsp3) is 0.833. The molecule has 1 saturated heterocycles. The largest absolute Gasteiger partial charge is 0.481 e. The summed E-state index contributed by atoms with van der Waals surface area (Å²) in [6, 6.07) is 0. The molecule has 2 N–H and O–H groups in total. The first kappa shape index (κ1) is 14.0. The molecule has 0 saturated carbocycles. The van der Waals surface area contributed by atoms with E-state index in [1.807, 2.05) is 0 Å². The zero-order valence-electron chi connectivity index (χ0n) is 10.3. The number of likely N-dealkylation sites (tertiary alicyclic amines) is 1. The fourth-order valence-corrected chi connectivity index (χ4v) is 2.27. The van der Waals surface area contributed by atoms with Crippen LogP contribution in [0.15, 0.2) is 0 Å². The first-order valence-corrected chi connectivity index (χ1v) is 6.22. The van der Waals surface area contributed by atoms with Gasteiger partial charge in [-0.3, -0.25) is 9.59 Å². The molecule has 0 aromatic rings. The molecule has 1 amide bonds. The normalized spacial score (nSPS) is 24.7. The number of aliphatic carboxylic acids is 1. The lowest BCUT2D eigenvalue weighted by atomic mass is 9.90. The van der Waals surface area contributed by atoms with Crippen molar-refractivity contribution in [2.75, 3.05) is 13.1 Å². The Labute approximate surface area is 101 Å². The number of aliphatic hydroxyl groups is 1. The number of carboxylic acid groups (broad SMARTS) is 1. The minimum Gasteiger partial charge on any atom is -0.481 e. The minimum atomic E-state index is -0.944. The van der Waals surface area contributed by atoms with Crippen LogP contribution in [0.25, 0.3) is 0 Å². The van der Waals surface area contributed by atoms with Gasteiger partial charge in [0.2, 0.25) is 5.91 Å². The number of nitrogens with zero attached hydrogens (tertiary/aromatic N) is 1. The third kappa shape index (κ3) is 4.34. The molecule has 98 valence electrons. The van der Waals surface area contributed by atoms with Gasteiger partial charge >= 0.3 is 5.97 Å². The lowest BCUT2D eigenvalue weighted by molar-refractivity contribution is -0.142. The molecule has 1 aliphatic rings. The van der Waals surface area contributed by atoms with Crippen LogP contribution in [-0.2, 0) is 9.59 Å². The highest BCUT2D eigenvalue weighted by Crippen LogP contribution is 2.22. The average Bonchev–Trinajstić information content (AvgIpc) is 2.29. The smallest absolute Gasteiger partial charge is 0.303 e. The monoisotopic (exact) mass is 243 g/mol. The molecular weight excluding hydrogens is 222 g/mol. The van der Waals surface area contributed by atoms with Gasteiger partial charge in [0.05, 0.1) is 12.5 Å². The van der Waals surface area contributed by atoms with Crippen LogP contribution < -0.4 is 0 Å². The number of carboxylic acids is 1. The summed E-state index contributed by atoms with van der Waals surface area (Å²) in [5, 5.41) is 18.3. The van der Waals surface area contributed by atoms with E-state index in [4.69, 9.17) is 5.11 Å². The van der Waals surface area contributed by atoms with E-state index >= 15 is 0 Å². The highest BCUT2D eigenvalue weighted by Gasteiger charge is 2.29. The molecule has 0 spiro atoms. The average molecular weight is 243 g/mol. The van der Waals surface area contributed by atoms with Crippen molar-refractivity contribution >= 4 is 11.9 Å². The second-order valence-corrected chi connectivity index (χ2v) is 4.64. The molecule has 0 unspecified atom stereocenters. The van der Waals surface area contributed by atoms with E-state index in [9.17, 15) is 14.7 Å². The van der Waals surface area contributed by atoms with E-state index < -0.39 is 5.97 Å². The number of piperidine rings is 1. The number of aliphatic hydroxyl groups excluding tert-OH is 1. The first-order chi connectivity index (χ1) is 8.04. The van der Waals surface area contributed by atoms with Crippen LogP contribution in [0, 0.1) is 5.92 Å². The molecule has 1 aliphatic heterocycles. The highest BCUT2D eigenvalue weighted by molar-refractivity contribution is 5.80. The summed E-state index contributed by atoms with van der Waals surface area (Å²) in [5.41, 5.74) is 0. The molecule has 0 aliphatic carbocycles. The summed E-state index contributed by atoms with van der Waals surface area (Å²) in [6.45, 7) is 3.16. The molecule has 1 rings (SSSR count). The maximum Gasteiger partial charge on any atom is 0.303 e. The Kier molecular flexibility index (Phi) is 5.41. The van der Waals surface area contributed by atoms with Gasteiger partial charge in [0.1, 0.15) is 0 Å². The maximum atomic E-state index is 11.7. The molecule has 0 aromatic carbocycles. The van der Waals surface area contributed by atoms with Crippen molar-refractivity contribution in [2.45, 2.75) is 45.1 Å². The third-order valence-corrected chi connectivity index (χ3v) is 3.26. The molecule has 0 aromatic heterocycles. The van der Waals surface area contributed by atoms with Crippen molar-refractivity contribution in [3.63, 3.8) is 0 Å². The van der Waals surface area contributed by atoms with E-state index in [1.54, 1.807) is 4.90 Å². The predicted octanol–water partition coefficient (Wildman–Crippen LogP) is 0.861. The van der Waals surface area contributed by atoms with E-state index in [2.05, 4.69) is 6.92 Å². The lowest BCUT2D eigenvalue weighted by Gasteiger charge is -2.36. The van der Waals surface area contributed by atoms with Crippen LogP contribution in [0.2, 0.25) is 0 Å². The topological polar surface area (TPSA) is 77.8 Å². The van der Waals surface area contributed by atoms with Gasteiger partial charge in [-0.25, -0.2) is 0 Å². The molecule has 5 nitrogen and oxygen atoms in total. The molecular formula is C12H21NO4. The van der Waals surface area contributed by atoms with Gasteiger partial charge in [-0.1, -0.05) is 13.3 Å². The molecule has 0 bridgehead atoms. The number of hydrogen-bond acceptors (Lipinski definition) is 3. The number of amides is 1. The van der Waals surface area contributed by atoms with E-state index in [-0.39, 0.29) is 30.8 Å². The van der Waals surface area contributed by atoms with E-state index in [1.165, 1.54) is 0 Å². The van der Waals surface area contributed by atoms with Crippen LogP contribution in [0.5, 0.6) is 0 Å². The van der Waals surface area contributed by atoms with Crippen molar-refractivity contribution in [1.29, 1.82) is 0 Å². The van der Waals surface area contributed by atoms with Gasteiger partial charge in [0.15, 0.2) is 0 Å². The van der Waals surface area contributed by atoms with Crippen molar-refractivity contribution < 1.29 is 19.8 Å². The van der Waals surface area contributed by atoms with Crippen LogP contribution in [0.4, 0.5) is 0 Å². The number of carbonyl (C=O) groups is 2. The predicted molar refractivity (Wildman–Crippen MR) is 62.5 cm³/mol. The van der Waals surface area contributed by atoms with Crippen LogP contribution in [0.3, 0.4) is 0 Å². The summed E-state index contributed by atoms with van der Waals surface area (Å²) >= 11 is 0. The van der Waals surface area contributed by atoms with Crippen molar-refractivity contribution in [1.82, 2.24) is 4.90 Å². The molecule has 5 heteroatoms. The quantitative estimate of drug-likeness (QED) is 0.750. The van der Waals surface area contributed by atoms with Crippen LogP contribution in [-0.4, -0.2) is 46.2 Å². The molecule has 1 heterocycles. The summed E-state index contributed by atoms with van der Waals surface area (Å²) in [4.78, 5) is 23.8. The molecule has 1 fully saturated rings. The van der Waals surface area contributed by atoms with Crippen molar-refractivity contribution in [3.8, 4) is 0 Å². The van der Waals surface area contributed by atoms with Gasteiger partial charge < -0.3 is 15.1 Å². The van der Waals surface area contributed by atoms with Crippen LogP contribution in [0.1, 0.15) is 39.0 Å². The second-order valence-electron chi connectivity index (χ2n) is 4.64. The molecule has 0 radical (unpaired) electrons. The molecule has 17 heavy (non-hydrogen) atoms. The zero-order valence-corrected chi connectivity index (χ0v) is 10.3. The Balaban J connectivity index is 2.43. The summed E-state index contributed by atoms with van der Waals surface area (Å²) in [6.07, 6.45) is 2.12. The van der Waals surface area contributed by atoms with Crippen molar-refractivity contribution in [2.24, 2.45) is 5.92 Å². The zero-order chi connectivity index (χ0) is 12.8. The van der Waals surface area contributed by atoms with Gasteiger partial charge in [0.25, 0.3) is 0 Å². The Morgan fingerprint density at radius 2 is 2.06 bits per heavy atom. The minimum absolute atomic E-state index is 0.0598. The maximum absolute atomic E-state index is 11.7. The lowest BCUT2D eigenvalue weighted by Crippen LogP contribution is -2.46. The summed E-state index contributed by atoms with van der Waals surface area (Å²) < 4.78 is 0. The van der Waals surface area contributed by atoms with E-state index in [0.717, 1.165) is 12.8 Å². The van der Waals surface area contributed by atoms with Crippen molar-refractivity contribution in [3.05, 3.63) is 0 Å². The Bertz CT molecular complexity index is 280. The number of rotatable bonds is 5. The van der Waals surface area contributed by atoms with Gasteiger partial charge in [-0.15, -0.1) is 0 Å². The number of hydrogen-bond donors (Lipinski definition) is 2. The SMILES string of the molecule is CCC[C@@H]1CN(C(=O)CCC(=O)O)CC[C@@H]1O. The highest BCUT2D eigenvalue weighted by atomic mass is 16.4. The summed E-state index contributed by atoms with van der Waals surface area (Å²) in [7, 11) is 0. The Morgan fingerprint density at radius 3 is 2.65 bits per heavy atom. The Morgan fingerprint density at radius 1 is 1.35 bits per heavy atom. The van der Waals surface area contributed by atoms with Crippen LogP contribution >= 0.6 is 0 Å². The standard InChI is InChI=1S/C12H21NO4/c1-2-3-9-8-13(7-6-10(9)14)11(15)4-5-12(16)17/h9-10,14H,2-8H2,1H3,(H,16,17)/t9-,10+/m1/s1. The van der Waals surface area contributed by atoms with Gasteiger partial charge in [-0.05, 0) is 12.8 Å². The summed E-state index contributed by atoms with van der Waals surface area (Å²) in [5.74, 6) is -0.913. The Hall–Kier alpha value is -1.10. The fourth-order valence-electron chi connectivity index (χ4n) is 2.27. The third-order valence-electron chi connectivity index (χ3n) is 3.26. The van der Waals surface area contributed by atoms with Gasteiger partial charge in [0, 0.05) is 25.4 Å². The van der Waals surface area contributed by atoms with E-state index in [0.29, 0.717) is 19.5 Å². The first-order valence-electron chi connectivity index (χ1n) is 6.22.